The molecular weight excluding hydrogens is 611 g/mol. The van der Waals surface area contributed by atoms with Crippen molar-refractivity contribution in [3.8, 4) is 23.0 Å². The molecule has 10 heteroatoms. The lowest BCUT2D eigenvalue weighted by Crippen LogP contribution is -2.43. The first-order valence-corrected chi connectivity index (χ1v) is 17.1. The molecule has 9 nitrogen and oxygen atoms in total. The minimum absolute atomic E-state index is 0.0928. The summed E-state index contributed by atoms with van der Waals surface area (Å²) >= 11 is 0. The predicted octanol–water partition coefficient (Wildman–Crippen LogP) is 5.79. The van der Waals surface area contributed by atoms with Crippen LogP contribution in [-0.4, -0.2) is 58.9 Å². The lowest BCUT2D eigenvalue weighted by molar-refractivity contribution is -0.140. The van der Waals surface area contributed by atoms with E-state index in [1.165, 1.54) is 0 Å². The zero-order valence-corrected chi connectivity index (χ0v) is 27.2. The number of carbonyl (C=O) groups excluding carboxylic acids is 2. The van der Waals surface area contributed by atoms with Gasteiger partial charge in [-0.05, 0) is 73.6 Å². The molecule has 3 heterocycles. The number of piperidine rings is 1. The van der Waals surface area contributed by atoms with Crippen molar-refractivity contribution in [2.75, 3.05) is 19.6 Å². The van der Waals surface area contributed by atoms with Crippen LogP contribution in [0.25, 0.3) is 23.0 Å². The maximum atomic E-state index is 13.9. The summed E-state index contributed by atoms with van der Waals surface area (Å²) in [5.41, 5.74) is 3.67. The van der Waals surface area contributed by atoms with Crippen molar-refractivity contribution in [1.82, 2.24) is 19.0 Å². The van der Waals surface area contributed by atoms with Gasteiger partial charge in [-0.15, -0.1) is 0 Å². The quantitative estimate of drug-likeness (QED) is 0.177. The molecule has 2 aliphatic rings. The monoisotopic (exact) mass is 645 g/mol. The van der Waals surface area contributed by atoms with E-state index < -0.39 is 21.8 Å². The molecule has 1 saturated heterocycles. The third kappa shape index (κ3) is 6.45. The van der Waals surface area contributed by atoms with Gasteiger partial charge in [-0.3, -0.25) is 14.5 Å². The highest BCUT2D eigenvalue weighted by Crippen LogP contribution is 2.33. The summed E-state index contributed by atoms with van der Waals surface area (Å²) in [5, 5.41) is 14.8. The maximum Gasteiger partial charge on any atom is 0.271 e. The Morgan fingerprint density at radius 3 is 2.40 bits per heavy atom. The van der Waals surface area contributed by atoms with E-state index >= 15 is 0 Å². The van der Waals surface area contributed by atoms with Gasteiger partial charge in [0, 0.05) is 42.5 Å². The minimum atomic E-state index is -3.74. The summed E-state index contributed by atoms with van der Waals surface area (Å²) in [6.45, 7) is 4.73. The Labute approximate surface area is 275 Å². The van der Waals surface area contributed by atoms with E-state index in [1.807, 2.05) is 66.7 Å². The van der Waals surface area contributed by atoms with Crippen LogP contribution in [0, 0.1) is 17.2 Å². The van der Waals surface area contributed by atoms with Gasteiger partial charge in [0.2, 0.25) is 10.0 Å². The van der Waals surface area contributed by atoms with Crippen molar-refractivity contribution in [2.45, 2.75) is 38.0 Å². The molecule has 0 radical (unpaired) electrons. The molecule has 0 aliphatic carbocycles. The molecule has 1 aromatic heterocycles. The van der Waals surface area contributed by atoms with Gasteiger partial charge in [0.05, 0.1) is 10.6 Å². The van der Waals surface area contributed by atoms with E-state index in [4.69, 9.17) is 5.10 Å². The van der Waals surface area contributed by atoms with Gasteiger partial charge in [-0.25, -0.2) is 13.1 Å². The second kappa shape index (κ2) is 13.3. The largest absolute Gasteiger partial charge is 0.273 e. The fraction of sp³-hybridized carbons (Fsp3) is 0.243. The minimum Gasteiger partial charge on any atom is -0.273 e. The molecule has 2 amide bonds. The van der Waals surface area contributed by atoms with Crippen LogP contribution in [0.5, 0.6) is 0 Å². The number of hydrogen-bond acceptors (Lipinski definition) is 6. The Balaban J connectivity index is 1.44. The fourth-order valence-electron chi connectivity index (χ4n) is 6.12. The number of aromatic nitrogens is 2. The Morgan fingerprint density at radius 1 is 0.979 bits per heavy atom. The van der Waals surface area contributed by atoms with Crippen molar-refractivity contribution < 1.29 is 18.0 Å². The van der Waals surface area contributed by atoms with Crippen LogP contribution in [0.15, 0.2) is 113 Å². The van der Waals surface area contributed by atoms with Crippen LogP contribution in [0.3, 0.4) is 0 Å². The summed E-state index contributed by atoms with van der Waals surface area (Å²) in [5.74, 6) is -0.840. The van der Waals surface area contributed by atoms with Crippen molar-refractivity contribution in [3.63, 3.8) is 0 Å². The van der Waals surface area contributed by atoms with Crippen LogP contribution in [-0.2, 0) is 26.0 Å². The Morgan fingerprint density at radius 2 is 1.70 bits per heavy atom. The van der Waals surface area contributed by atoms with Crippen LogP contribution in [0.1, 0.15) is 37.8 Å². The number of nitriles is 1. The molecule has 4 aromatic rings. The van der Waals surface area contributed by atoms with Crippen molar-refractivity contribution in [1.29, 1.82) is 5.26 Å². The molecule has 6 rings (SSSR count). The molecule has 2 aliphatic heterocycles. The van der Waals surface area contributed by atoms with Gasteiger partial charge in [-0.2, -0.15) is 14.7 Å². The molecule has 1 atom stereocenters. The summed E-state index contributed by atoms with van der Waals surface area (Å²) < 4.78 is 30.6. The van der Waals surface area contributed by atoms with Gasteiger partial charge in [0.15, 0.2) is 0 Å². The second-order valence-electron chi connectivity index (χ2n) is 12.0. The van der Waals surface area contributed by atoms with Crippen LogP contribution in [0.4, 0.5) is 0 Å². The highest BCUT2D eigenvalue weighted by molar-refractivity contribution is 7.89. The number of imide groups is 1. The Hall–Kier alpha value is -5.11. The van der Waals surface area contributed by atoms with Crippen LogP contribution >= 0.6 is 0 Å². The normalized spacial score (nSPS) is 18.5. The van der Waals surface area contributed by atoms with Gasteiger partial charge in [0.1, 0.15) is 17.3 Å². The molecule has 0 spiro atoms. The Kier molecular flexibility index (Phi) is 9.03. The maximum absolute atomic E-state index is 13.9. The highest BCUT2D eigenvalue weighted by Gasteiger charge is 2.36. The number of hydrogen-bond donors (Lipinski definition) is 0. The lowest BCUT2D eigenvalue weighted by Gasteiger charge is -2.30. The first-order chi connectivity index (χ1) is 22.7. The van der Waals surface area contributed by atoms with Crippen LogP contribution < -0.4 is 0 Å². The third-order valence-electron chi connectivity index (χ3n) is 8.72. The average Bonchev–Trinajstić information content (AvgIpc) is 3.52. The molecule has 47 heavy (non-hydrogen) atoms. The molecule has 1 unspecified atom stereocenters. The zero-order valence-electron chi connectivity index (χ0n) is 26.3. The molecule has 3 aromatic carbocycles. The standard InChI is InChI=1S/C37H35N5O4S/c1-26-11-10-19-40(24-26)47(45,46)32-17-9-14-29(21-32)35-30(25-42(39-35)31-15-7-4-8-16-31)22-33-27(2)34(23-38)37(44)41(36(33)43)20-18-28-12-5-3-6-13-28/h3-9,12-17,21-22,25-26H,10-11,18-20,24H2,1-2H3/b33-22+. The molecule has 0 saturated carbocycles. The van der Waals surface area contributed by atoms with E-state index in [0.29, 0.717) is 36.3 Å². The first-order valence-electron chi connectivity index (χ1n) is 15.7. The van der Waals surface area contributed by atoms with E-state index in [1.54, 1.807) is 52.4 Å². The molecule has 0 N–H and O–H groups in total. The van der Waals surface area contributed by atoms with Gasteiger partial charge in [0.25, 0.3) is 11.8 Å². The molecular formula is C37H35N5O4S. The van der Waals surface area contributed by atoms with Gasteiger partial charge >= 0.3 is 0 Å². The average molecular weight is 646 g/mol. The number of carbonyl (C=O) groups is 2. The van der Waals surface area contributed by atoms with Gasteiger partial charge < -0.3 is 0 Å². The van der Waals surface area contributed by atoms with Gasteiger partial charge in [-0.1, -0.05) is 67.6 Å². The molecule has 1 fully saturated rings. The number of nitrogens with zero attached hydrogens (tertiary/aromatic N) is 5. The Bertz CT molecular complexity index is 2040. The summed E-state index contributed by atoms with van der Waals surface area (Å²) in [4.78, 5) is 28.5. The van der Waals surface area contributed by atoms with Crippen LogP contribution in [0.2, 0.25) is 0 Å². The number of benzene rings is 3. The third-order valence-corrected chi connectivity index (χ3v) is 10.6. The molecule has 238 valence electrons. The number of rotatable bonds is 8. The topological polar surface area (TPSA) is 116 Å². The summed E-state index contributed by atoms with van der Waals surface area (Å²) in [6.07, 6.45) is 5.67. The lowest BCUT2D eigenvalue weighted by atomic mass is 9.93. The summed E-state index contributed by atoms with van der Waals surface area (Å²) in [7, 11) is -3.74. The smallest absolute Gasteiger partial charge is 0.271 e. The fourth-order valence-corrected chi connectivity index (χ4v) is 7.77. The predicted molar refractivity (Wildman–Crippen MR) is 179 cm³/mol. The SMILES string of the molecule is CC1=C(C#N)C(=O)N(CCc2ccccc2)C(=O)/C1=C/c1cn(-c2ccccc2)nc1-c1cccc(S(=O)(=O)N2CCCC(C)C2)c1. The van der Waals surface area contributed by atoms with E-state index in [2.05, 4.69) is 6.92 Å². The van der Waals surface area contributed by atoms with Crippen molar-refractivity contribution >= 4 is 27.9 Å². The number of sulfonamides is 1. The molecule has 0 bridgehead atoms. The highest BCUT2D eigenvalue weighted by atomic mass is 32.2. The van der Waals surface area contributed by atoms with Crippen molar-refractivity contribution in [2.24, 2.45) is 5.92 Å². The number of para-hydroxylation sites is 1. The van der Waals surface area contributed by atoms with E-state index in [9.17, 15) is 23.3 Å². The van der Waals surface area contributed by atoms with Crippen molar-refractivity contribution in [3.05, 3.63) is 119 Å². The van der Waals surface area contributed by atoms with E-state index in [0.717, 1.165) is 29.0 Å². The zero-order chi connectivity index (χ0) is 33.1. The second-order valence-corrected chi connectivity index (χ2v) is 14.0. The first kappa shape index (κ1) is 31.9. The summed E-state index contributed by atoms with van der Waals surface area (Å²) in [6, 6.07) is 27.7. The number of amides is 2. The van der Waals surface area contributed by atoms with E-state index in [-0.39, 0.29) is 34.1 Å².